The number of carbonyl (C=O) groups is 1. The Balaban J connectivity index is 0. The molecule has 0 fully saturated rings. The second-order valence-corrected chi connectivity index (χ2v) is 1.50. The number of carboxylic acids is 1. The number of hydrogen-bond donors (Lipinski definition) is 1. The van der Waals surface area contributed by atoms with Crippen LogP contribution >= 0.6 is 0 Å². The molecule has 0 aliphatic carbocycles. The van der Waals surface area contributed by atoms with Crippen LogP contribution in [0.25, 0.3) is 0 Å². The topological polar surface area (TPSA) is 37.3 Å². The average Bonchev–Trinajstić information content (AvgIpc) is 1.61. The zero-order valence-electron chi connectivity index (χ0n) is 5.48. The first-order valence-corrected chi connectivity index (χ1v) is 2.49. The molecule has 0 aromatic rings. The molecule has 2 nitrogen and oxygen atoms in total. The van der Waals surface area contributed by atoms with E-state index in [1.54, 1.807) is 0 Å². The van der Waals surface area contributed by atoms with E-state index < -0.39 is 5.97 Å². The SMILES string of the molecule is CCCCC(=O)O.[2H-]. The Morgan fingerprint density at radius 1 is 1.86 bits per heavy atom. The largest absolute Gasteiger partial charge is 1.00 e. The molecule has 0 aliphatic rings. The highest BCUT2D eigenvalue weighted by molar-refractivity contribution is 5.66. The molecule has 0 bridgehead atoms. The van der Waals surface area contributed by atoms with Crippen LogP contribution in [0, 0.1) is 0 Å². The lowest BCUT2D eigenvalue weighted by atomic mass is 10.3. The molecule has 7 heavy (non-hydrogen) atoms. The molecular formula is C5H11O2-. The highest BCUT2D eigenvalue weighted by atomic mass is 16.4. The Morgan fingerprint density at radius 3 is 2.57 bits per heavy atom. The van der Waals surface area contributed by atoms with E-state index in [-0.39, 0.29) is 1.43 Å². The molecule has 0 aromatic heterocycles. The maximum Gasteiger partial charge on any atom is 0.303 e. The van der Waals surface area contributed by atoms with E-state index in [2.05, 4.69) is 0 Å². The van der Waals surface area contributed by atoms with Crippen molar-refractivity contribution in [3.8, 4) is 0 Å². The summed E-state index contributed by atoms with van der Waals surface area (Å²) in [6, 6.07) is 0. The van der Waals surface area contributed by atoms with Crippen molar-refractivity contribution >= 4 is 5.97 Å². The Morgan fingerprint density at radius 2 is 2.43 bits per heavy atom. The molecule has 0 aromatic carbocycles. The van der Waals surface area contributed by atoms with Gasteiger partial charge in [0.1, 0.15) is 0 Å². The minimum Gasteiger partial charge on any atom is -1.00 e. The summed E-state index contributed by atoms with van der Waals surface area (Å²) in [5.41, 5.74) is 0. The lowest BCUT2D eigenvalue weighted by Gasteiger charge is -1.85. The smallest absolute Gasteiger partial charge is 0.303 e. The molecular weight excluding hydrogens is 92.1 g/mol. The van der Waals surface area contributed by atoms with E-state index in [0.717, 1.165) is 12.8 Å². The maximum absolute atomic E-state index is 9.76. The number of aliphatic carboxylic acids is 1. The molecule has 0 radical (unpaired) electrons. The Kier molecular flexibility index (Phi) is 3.38. The van der Waals surface area contributed by atoms with Gasteiger partial charge in [-0.05, 0) is 6.42 Å². The van der Waals surface area contributed by atoms with Gasteiger partial charge < -0.3 is 6.53 Å². The number of carboxylic acid groups (broad SMARTS) is 1. The molecule has 0 saturated carbocycles. The van der Waals surface area contributed by atoms with Gasteiger partial charge in [-0.1, -0.05) is 13.3 Å². The summed E-state index contributed by atoms with van der Waals surface area (Å²) in [6.07, 6.45) is 2.08. The standard InChI is InChI=1S/C5H10O2.H/c1-2-3-4-5(6)7;/h2-4H2,1H3,(H,6,7);/q;-1/i;1+1. The maximum atomic E-state index is 9.76. The van der Waals surface area contributed by atoms with Crippen molar-refractivity contribution in [1.82, 2.24) is 0 Å². The van der Waals surface area contributed by atoms with Crippen molar-refractivity contribution in [2.24, 2.45) is 0 Å². The molecule has 0 amide bonds. The van der Waals surface area contributed by atoms with Crippen LogP contribution in [0.1, 0.15) is 27.6 Å². The quantitative estimate of drug-likeness (QED) is 0.587. The Hall–Kier alpha value is -0.530. The first-order valence-electron chi connectivity index (χ1n) is 2.49. The van der Waals surface area contributed by atoms with Crippen LogP contribution in [0.4, 0.5) is 0 Å². The number of hydrogen-bond acceptors (Lipinski definition) is 1. The summed E-state index contributed by atoms with van der Waals surface area (Å²) in [7, 11) is 0. The van der Waals surface area contributed by atoms with Crippen molar-refractivity contribution in [2.45, 2.75) is 26.2 Å². The van der Waals surface area contributed by atoms with Crippen LogP contribution in [-0.2, 0) is 4.79 Å². The monoisotopic (exact) mass is 104 g/mol. The van der Waals surface area contributed by atoms with Crippen LogP contribution in [-0.4, -0.2) is 11.1 Å². The lowest BCUT2D eigenvalue weighted by Crippen LogP contribution is -1.91. The first-order chi connectivity index (χ1) is 3.27. The van der Waals surface area contributed by atoms with Gasteiger partial charge in [0, 0.05) is 6.42 Å². The van der Waals surface area contributed by atoms with E-state index >= 15 is 0 Å². The van der Waals surface area contributed by atoms with Gasteiger partial charge in [0.2, 0.25) is 0 Å². The molecule has 0 heterocycles. The highest BCUT2D eigenvalue weighted by Crippen LogP contribution is 1.91. The number of rotatable bonds is 3. The van der Waals surface area contributed by atoms with Crippen LogP contribution < -0.4 is 0 Å². The van der Waals surface area contributed by atoms with Gasteiger partial charge >= 0.3 is 5.97 Å². The van der Waals surface area contributed by atoms with Crippen LogP contribution in [0.3, 0.4) is 0 Å². The fourth-order valence-electron chi connectivity index (χ4n) is 0.328. The summed E-state index contributed by atoms with van der Waals surface area (Å²) in [5, 5.41) is 8.04. The van der Waals surface area contributed by atoms with Crippen LogP contribution in [0.5, 0.6) is 0 Å². The average molecular weight is 104 g/mol. The molecule has 1 N–H and O–H groups in total. The van der Waals surface area contributed by atoms with Gasteiger partial charge in [-0.3, -0.25) is 4.79 Å². The minimum atomic E-state index is -0.693. The van der Waals surface area contributed by atoms with Crippen molar-refractivity contribution < 1.29 is 11.3 Å². The van der Waals surface area contributed by atoms with E-state index in [1.165, 1.54) is 0 Å². The van der Waals surface area contributed by atoms with Gasteiger partial charge in [0.15, 0.2) is 0 Å². The van der Waals surface area contributed by atoms with E-state index in [4.69, 9.17) is 5.11 Å². The van der Waals surface area contributed by atoms with Gasteiger partial charge in [-0.2, -0.15) is 0 Å². The second kappa shape index (κ2) is 3.65. The summed E-state index contributed by atoms with van der Waals surface area (Å²) in [6.45, 7) is 1.98. The zero-order valence-corrected chi connectivity index (χ0v) is 4.48. The summed E-state index contributed by atoms with van der Waals surface area (Å²) >= 11 is 0. The van der Waals surface area contributed by atoms with Gasteiger partial charge in [0.25, 0.3) is 0 Å². The molecule has 0 saturated heterocycles. The molecule has 0 atom stereocenters. The minimum absolute atomic E-state index is 0. The molecule has 0 aliphatic heterocycles. The highest BCUT2D eigenvalue weighted by Gasteiger charge is 1.90. The predicted octanol–water partition coefficient (Wildman–Crippen LogP) is 1.37. The molecule has 2 heteroatoms. The van der Waals surface area contributed by atoms with Crippen molar-refractivity contribution in [2.75, 3.05) is 0 Å². The normalized spacial score (nSPS) is 8.71. The lowest BCUT2D eigenvalue weighted by molar-refractivity contribution is -0.137. The Bertz CT molecular complexity index is 63.4. The third-order valence-electron chi connectivity index (χ3n) is 0.744. The molecule has 0 unspecified atom stereocenters. The van der Waals surface area contributed by atoms with E-state index in [1.807, 2.05) is 6.92 Å². The third-order valence-corrected chi connectivity index (χ3v) is 0.744. The van der Waals surface area contributed by atoms with E-state index in [0.29, 0.717) is 6.42 Å². The summed E-state index contributed by atoms with van der Waals surface area (Å²) in [5.74, 6) is -0.693. The van der Waals surface area contributed by atoms with E-state index in [9.17, 15) is 4.79 Å². The van der Waals surface area contributed by atoms with Crippen LogP contribution in [0.2, 0.25) is 0 Å². The molecule has 44 valence electrons. The van der Waals surface area contributed by atoms with Gasteiger partial charge in [-0.15, -0.1) is 0 Å². The van der Waals surface area contributed by atoms with Crippen molar-refractivity contribution in [3.05, 3.63) is 0 Å². The zero-order chi connectivity index (χ0) is 5.70. The fourth-order valence-corrected chi connectivity index (χ4v) is 0.328. The summed E-state index contributed by atoms with van der Waals surface area (Å²) in [4.78, 5) is 9.76. The van der Waals surface area contributed by atoms with Crippen LogP contribution in [0.15, 0.2) is 0 Å². The third kappa shape index (κ3) is 5.47. The second-order valence-electron chi connectivity index (χ2n) is 1.50. The molecule has 0 rings (SSSR count). The predicted molar refractivity (Wildman–Crippen MR) is 28.3 cm³/mol. The number of unbranched alkanes of at least 4 members (excludes halogenated alkanes) is 1. The van der Waals surface area contributed by atoms with Gasteiger partial charge in [-0.25, -0.2) is 0 Å². The fraction of sp³-hybridized carbons (Fsp3) is 0.800. The summed E-state index contributed by atoms with van der Waals surface area (Å²) < 4.78 is 0. The van der Waals surface area contributed by atoms with Gasteiger partial charge in [0.05, 0.1) is 0 Å². The Labute approximate surface area is 44.6 Å². The first kappa shape index (κ1) is 6.47. The van der Waals surface area contributed by atoms with Crippen molar-refractivity contribution in [1.29, 1.82) is 0 Å². The van der Waals surface area contributed by atoms with Crippen molar-refractivity contribution in [3.63, 3.8) is 0 Å². The molecule has 0 spiro atoms.